The molecule has 1 unspecified atom stereocenters. The summed E-state index contributed by atoms with van der Waals surface area (Å²) in [5.41, 5.74) is 3.82. The van der Waals surface area contributed by atoms with E-state index in [1.807, 2.05) is 70.2 Å². The third-order valence-electron chi connectivity index (χ3n) is 9.88. The Bertz CT molecular complexity index is 2050. The van der Waals surface area contributed by atoms with E-state index in [-0.39, 0.29) is 16.2 Å². The van der Waals surface area contributed by atoms with Crippen molar-refractivity contribution >= 4 is 43.3 Å². The van der Waals surface area contributed by atoms with Crippen LogP contribution in [0.1, 0.15) is 70.9 Å². The normalized spacial score (nSPS) is 19.4. The Morgan fingerprint density at radius 3 is 2.25 bits per heavy atom. The number of nitrogens with zero attached hydrogens (tertiary/aromatic N) is 2. The van der Waals surface area contributed by atoms with Crippen molar-refractivity contribution in [1.29, 1.82) is 0 Å². The third kappa shape index (κ3) is 9.80. The summed E-state index contributed by atoms with van der Waals surface area (Å²) in [6.45, 7) is 10.4. The second-order valence-electron chi connectivity index (χ2n) is 13.8. The molecule has 0 fully saturated rings. The molecule has 0 spiro atoms. The number of anilines is 1. The molecule has 0 amide bonds. The third-order valence-corrected chi connectivity index (χ3v) is 11.6. The van der Waals surface area contributed by atoms with Gasteiger partial charge in [0.2, 0.25) is 5.69 Å². The predicted octanol–water partition coefficient (Wildman–Crippen LogP) is 6.26. The summed E-state index contributed by atoms with van der Waals surface area (Å²) in [5, 5.41) is 9.08. The average Bonchev–Trinajstić information content (AvgIpc) is 3.45. The van der Waals surface area contributed by atoms with Gasteiger partial charge in [0.1, 0.15) is 16.7 Å². The maximum Gasteiger partial charge on any atom is 0.303 e. The lowest BCUT2D eigenvalue weighted by atomic mass is 9.78. The summed E-state index contributed by atoms with van der Waals surface area (Å²) in [7, 11) is -7.46. The predicted molar refractivity (Wildman–Crippen MR) is 203 cm³/mol. The molecule has 2 heterocycles. The van der Waals surface area contributed by atoms with Gasteiger partial charge in [0.15, 0.2) is 5.71 Å². The van der Waals surface area contributed by atoms with Crippen LogP contribution in [0, 0.1) is 0 Å². The van der Waals surface area contributed by atoms with Crippen LogP contribution in [-0.4, -0.2) is 87.3 Å². The molecular weight excluding hydrogens is 721 g/mol. The molecule has 288 valence electrons. The number of carboxylic acids is 1. The van der Waals surface area contributed by atoms with Crippen LogP contribution in [-0.2, 0) is 45.3 Å². The Morgan fingerprint density at radius 2 is 1.58 bits per heavy atom. The average molecular weight is 771 g/mol. The van der Waals surface area contributed by atoms with Crippen molar-refractivity contribution in [3.8, 4) is 0 Å². The maximum atomic E-state index is 12.2. The highest BCUT2D eigenvalue weighted by atomic mass is 32.2. The highest BCUT2D eigenvalue weighted by Gasteiger charge is 2.45. The number of ether oxygens (including phenoxy) is 2. The fourth-order valence-electron chi connectivity index (χ4n) is 7.08. The summed E-state index contributed by atoms with van der Waals surface area (Å²) in [5.74, 6) is -0.839. The van der Waals surface area contributed by atoms with E-state index in [1.165, 1.54) is 24.3 Å². The lowest BCUT2D eigenvalue weighted by Crippen LogP contribution is -2.30. The number of unbranched alkanes of at least 4 members (excludes halogenated alkanes) is 2. The molecule has 2 aliphatic rings. The zero-order valence-corrected chi connectivity index (χ0v) is 32.6. The molecule has 0 bridgehead atoms. The van der Waals surface area contributed by atoms with E-state index in [4.69, 9.17) is 14.6 Å². The molecule has 0 aliphatic carbocycles. The van der Waals surface area contributed by atoms with E-state index in [1.54, 1.807) is 19.2 Å². The van der Waals surface area contributed by atoms with Gasteiger partial charge in [-0.05, 0) is 88.9 Å². The van der Waals surface area contributed by atoms with Crippen LogP contribution in [0.4, 0.5) is 11.4 Å². The van der Waals surface area contributed by atoms with E-state index >= 15 is 0 Å². The Hall–Kier alpha value is -3.92. The van der Waals surface area contributed by atoms with Crippen molar-refractivity contribution in [2.24, 2.45) is 0 Å². The zero-order valence-electron chi connectivity index (χ0n) is 30.9. The number of carboxylic acid groups (broad SMARTS) is 1. The van der Waals surface area contributed by atoms with Gasteiger partial charge in [0.05, 0.1) is 28.4 Å². The Kier molecular flexibility index (Phi) is 13.8. The minimum Gasteiger partial charge on any atom is -0.744 e. The summed E-state index contributed by atoms with van der Waals surface area (Å²) in [6, 6.07) is 9.12. The number of hydrogen-bond acceptors (Lipinski definition) is 9. The number of methoxy groups -OCH3 is 1. The highest BCUT2D eigenvalue weighted by Crippen LogP contribution is 2.51. The van der Waals surface area contributed by atoms with Gasteiger partial charge in [-0.25, -0.2) is 8.42 Å². The van der Waals surface area contributed by atoms with Gasteiger partial charge in [-0.15, -0.1) is 0 Å². The van der Waals surface area contributed by atoms with Crippen molar-refractivity contribution < 1.29 is 49.9 Å². The van der Waals surface area contributed by atoms with Crippen LogP contribution in [0.5, 0.6) is 0 Å². The molecule has 0 aromatic heterocycles. The SMILES string of the molecule is CC[N+]1=C(C=CC=CC=CC=C2N(CCCCCC(=O)O)c3ccc(S(=O)(=O)O)cc3C2(C)CCOCCOC)C(C)(C)c2cc(S(=O)(=O)[O-])ccc21. The molecule has 0 radical (unpaired) electrons. The van der Waals surface area contributed by atoms with Crippen LogP contribution < -0.4 is 4.90 Å². The maximum absolute atomic E-state index is 12.2. The lowest BCUT2D eigenvalue weighted by Gasteiger charge is -2.30. The second kappa shape index (κ2) is 17.5. The van der Waals surface area contributed by atoms with Crippen molar-refractivity contribution in [1.82, 2.24) is 0 Å². The quantitative estimate of drug-likeness (QED) is 0.0714. The zero-order chi connectivity index (χ0) is 39.0. The number of hydrogen-bond donors (Lipinski definition) is 2. The second-order valence-corrected chi connectivity index (χ2v) is 16.6. The fraction of sp³-hybridized carbons (Fsp3) is 0.436. The first-order chi connectivity index (χ1) is 25.0. The molecule has 53 heavy (non-hydrogen) atoms. The van der Waals surface area contributed by atoms with E-state index < -0.39 is 37.0 Å². The van der Waals surface area contributed by atoms with Gasteiger partial charge in [0, 0.05) is 61.2 Å². The molecule has 0 saturated heterocycles. The molecule has 2 N–H and O–H groups in total. The number of fused-ring (bicyclic) bond motifs is 2. The number of rotatable bonds is 19. The van der Waals surface area contributed by atoms with Gasteiger partial charge in [-0.3, -0.25) is 9.35 Å². The number of allylic oxidation sites excluding steroid dienone is 8. The molecule has 1 atom stereocenters. The molecule has 2 aliphatic heterocycles. The Labute approximate surface area is 313 Å². The van der Waals surface area contributed by atoms with Crippen LogP contribution in [0.2, 0.25) is 0 Å². The standard InChI is InChI=1S/C39H50N2O10S2/c1-6-40-33-20-18-29(52(44,45)46)27-31(33)38(2,3)35(40)15-11-8-7-9-12-16-36-39(4,22-24-51-26-25-50-5)32-28-30(53(47,48)49)19-21-34(32)41(36)23-14-10-13-17-37(42)43/h7-9,11-12,15-16,18-21,27-28H,6,10,13-14,17,22-26H2,1-5H3,(H2-,42,43,44,45,46,47,48,49). The first kappa shape index (κ1) is 41.8. The first-order valence-corrected chi connectivity index (χ1v) is 20.5. The lowest BCUT2D eigenvalue weighted by molar-refractivity contribution is -0.433. The van der Waals surface area contributed by atoms with Gasteiger partial charge in [0.25, 0.3) is 10.1 Å². The first-order valence-electron chi connectivity index (χ1n) is 17.6. The summed E-state index contributed by atoms with van der Waals surface area (Å²) < 4.78 is 82.5. The van der Waals surface area contributed by atoms with Crippen LogP contribution in [0.3, 0.4) is 0 Å². The number of aliphatic carboxylic acids is 1. The summed E-state index contributed by atoms with van der Waals surface area (Å²) in [6.07, 6.45) is 16.0. The Morgan fingerprint density at radius 1 is 0.906 bits per heavy atom. The molecule has 2 aromatic carbocycles. The van der Waals surface area contributed by atoms with Crippen LogP contribution in [0.25, 0.3) is 0 Å². The fourth-order valence-corrected chi connectivity index (χ4v) is 8.08. The van der Waals surface area contributed by atoms with Crippen molar-refractivity contribution in [3.63, 3.8) is 0 Å². The minimum absolute atomic E-state index is 0.0872. The van der Waals surface area contributed by atoms with Gasteiger partial charge in [-0.1, -0.05) is 36.8 Å². The van der Waals surface area contributed by atoms with E-state index in [0.717, 1.165) is 33.9 Å². The number of benzene rings is 2. The molecule has 4 rings (SSSR count). The minimum atomic E-state index is -4.59. The Balaban J connectivity index is 1.63. The molecule has 12 nitrogen and oxygen atoms in total. The molecular formula is C39H50N2O10S2. The largest absolute Gasteiger partial charge is 0.744 e. The van der Waals surface area contributed by atoms with Crippen molar-refractivity contribution in [2.45, 2.75) is 80.4 Å². The van der Waals surface area contributed by atoms with Crippen LogP contribution in [0.15, 0.2) is 94.4 Å². The monoisotopic (exact) mass is 770 g/mol. The van der Waals surface area contributed by atoms with Crippen molar-refractivity contribution in [2.75, 3.05) is 44.9 Å². The molecule has 14 heteroatoms. The molecule has 0 saturated carbocycles. The topological polar surface area (TPSA) is 174 Å². The highest BCUT2D eigenvalue weighted by molar-refractivity contribution is 7.86. The summed E-state index contributed by atoms with van der Waals surface area (Å²) >= 11 is 0. The van der Waals surface area contributed by atoms with E-state index in [9.17, 15) is 30.7 Å². The van der Waals surface area contributed by atoms with Crippen LogP contribution >= 0.6 is 0 Å². The van der Waals surface area contributed by atoms with Crippen molar-refractivity contribution in [3.05, 3.63) is 95.8 Å². The van der Waals surface area contributed by atoms with E-state index in [2.05, 4.69) is 9.48 Å². The van der Waals surface area contributed by atoms with Gasteiger partial charge in [-0.2, -0.15) is 13.0 Å². The van der Waals surface area contributed by atoms with Gasteiger partial charge < -0.3 is 24.0 Å². The number of carbonyl (C=O) groups is 1. The summed E-state index contributed by atoms with van der Waals surface area (Å²) in [4.78, 5) is 12.8. The smallest absolute Gasteiger partial charge is 0.303 e. The molecule has 2 aromatic rings. The van der Waals surface area contributed by atoms with Gasteiger partial charge >= 0.3 is 5.97 Å². The van der Waals surface area contributed by atoms with E-state index in [0.29, 0.717) is 58.6 Å².